The van der Waals surface area contributed by atoms with E-state index in [1.165, 1.54) is 11.1 Å². The van der Waals surface area contributed by atoms with Crippen molar-refractivity contribution in [2.45, 2.75) is 64.4 Å². The summed E-state index contributed by atoms with van der Waals surface area (Å²) in [5.41, 5.74) is 3.33. The first-order valence-corrected chi connectivity index (χ1v) is 8.14. The van der Waals surface area contributed by atoms with Gasteiger partial charge in [0, 0.05) is 11.5 Å². The molecule has 0 spiro atoms. The topological polar surface area (TPSA) is 29.5 Å². The van der Waals surface area contributed by atoms with Gasteiger partial charge in [0.05, 0.1) is 0 Å². The van der Waals surface area contributed by atoms with E-state index in [1.807, 2.05) is 6.07 Å². The Hall–Kier alpha value is -1.44. The van der Waals surface area contributed by atoms with Gasteiger partial charge in [-0.25, -0.2) is 0 Å². The van der Waals surface area contributed by atoms with Gasteiger partial charge in [0.1, 0.15) is 17.1 Å². The van der Waals surface area contributed by atoms with E-state index in [2.05, 4.69) is 33.4 Å². The molecular weight excluding hydrogens is 260 g/mol. The Morgan fingerprint density at radius 2 is 2.24 bits per heavy atom. The van der Waals surface area contributed by atoms with Crippen molar-refractivity contribution in [3.8, 4) is 11.5 Å². The molecule has 0 saturated heterocycles. The molecule has 3 atom stereocenters. The van der Waals surface area contributed by atoms with Crippen LogP contribution in [0.1, 0.15) is 63.5 Å². The summed E-state index contributed by atoms with van der Waals surface area (Å²) < 4.78 is 6.30. The summed E-state index contributed by atoms with van der Waals surface area (Å²) in [5, 5.41) is 10.5. The van der Waals surface area contributed by atoms with Crippen LogP contribution in [0.25, 0.3) is 0 Å². The number of fused-ring (bicyclic) bond motifs is 4. The van der Waals surface area contributed by atoms with Crippen LogP contribution in [0.5, 0.6) is 11.5 Å². The van der Waals surface area contributed by atoms with E-state index in [0.717, 1.165) is 43.4 Å². The van der Waals surface area contributed by atoms with Crippen LogP contribution in [-0.2, 0) is 6.42 Å². The van der Waals surface area contributed by atoms with Gasteiger partial charge in [-0.3, -0.25) is 0 Å². The molecule has 1 saturated carbocycles. The fourth-order valence-electron chi connectivity index (χ4n) is 4.18. The fourth-order valence-corrected chi connectivity index (χ4v) is 4.18. The number of allylic oxidation sites excluding steroid dienone is 1. The summed E-state index contributed by atoms with van der Waals surface area (Å²) in [7, 11) is 0. The zero-order valence-electron chi connectivity index (χ0n) is 13.4. The number of aromatic hydroxyl groups is 1. The van der Waals surface area contributed by atoms with Gasteiger partial charge in [0.15, 0.2) is 0 Å². The summed E-state index contributed by atoms with van der Waals surface area (Å²) in [6.07, 6.45) is 5.21. The summed E-state index contributed by atoms with van der Waals surface area (Å²) in [4.78, 5) is 0. The van der Waals surface area contributed by atoms with E-state index >= 15 is 0 Å². The van der Waals surface area contributed by atoms with Crippen LogP contribution >= 0.6 is 0 Å². The molecule has 0 radical (unpaired) electrons. The van der Waals surface area contributed by atoms with Crippen molar-refractivity contribution >= 4 is 0 Å². The highest BCUT2D eigenvalue weighted by molar-refractivity contribution is 5.52. The molecule has 2 unspecified atom stereocenters. The minimum absolute atomic E-state index is 0.0824. The molecular formula is C19H26O2. The second-order valence-corrected chi connectivity index (χ2v) is 7.13. The SMILES string of the molecule is C=C(C)C1CC[C@]2(C)CC1c1c(O)cc(CCC)cc1O2. The Kier molecular flexibility index (Phi) is 3.51. The fraction of sp³-hybridized carbons (Fsp3) is 0.579. The van der Waals surface area contributed by atoms with Crippen molar-refractivity contribution in [2.75, 3.05) is 0 Å². The highest BCUT2D eigenvalue weighted by Crippen LogP contribution is 2.55. The van der Waals surface area contributed by atoms with Crippen LogP contribution in [0.3, 0.4) is 0 Å². The molecule has 21 heavy (non-hydrogen) atoms. The quantitative estimate of drug-likeness (QED) is 0.796. The molecule has 2 aliphatic rings. The predicted octanol–water partition coefficient (Wildman–Crippen LogP) is 4.96. The molecule has 1 aromatic carbocycles. The van der Waals surface area contributed by atoms with Crippen LogP contribution < -0.4 is 4.74 Å². The Morgan fingerprint density at radius 1 is 1.48 bits per heavy atom. The van der Waals surface area contributed by atoms with Gasteiger partial charge in [-0.05, 0) is 63.1 Å². The highest BCUT2D eigenvalue weighted by atomic mass is 16.5. The molecule has 2 nitrogen and oxygen atoms in total. The van der Waals surface area contributed by atoms with Crippen LogP contribution in [0.15, 0.2) is 24.3 Å². The van der Waals surface area contributed by atoms with Crippen molar-refractivity contribution in [3.63, 3.8) is 0 Å². The summed E-state index contributed by atoms with van der Waals surface area (Å²) >= 11 is 0. The van der Waals surface area contributed by atoms with Gasteiger partial charge < -0.3 is 9.84 Å². The molecule has 3 rings (SSSR count). The first kappa shape index (κ1) is 14.5. The maximum atomic E-state index is 10.5. The third-order valence-electron chi connectivity index (χ3n) is 5.20. The molecule has 114 valence electrons. The molecule has 1 aliphatic heterocycles. The second kappa shape index (κ2) is 5.08. The number of phenols is 1. The largest absolute Gasteiger partial charge is 0.508 e. The molecule has 2 bridgehead atoms. The van der Waals surface area contributed by atoms with Crippen molar-refractivity contribution < 1.29 is 9.84 Å². The van der Waals surface area contributed by atoms with Gasteiger partial charge in [0.2, 0.25) is 0 Å². The maximum absolute atomic E-state index is 10.5. The lowest BCUT2D eigenvalue weighted by molar-refractivity contribution is 0.00630. The van der Waals surface area contributed by atoms with Crippen molar-refractivity contribution in [1.82, 2.24) is 0 Å². The number of hydrogen-bond acceptors (Lipinski definition) is 2. The zero-order chi connectivity index (χ0) is 15.2. The number of ether oxygens (including phenoxy) is 1. The smallest absolute Gasteiger partial charge is 0.127 e. The molecule has 2 heteroatoms. The lowest BCUT2D eigenvalue weighted by atomic mass is 9.65. The number of rotatable bonds is 3. The van der Waals surface area contributed by atoms with E-state index < -0.39 is 0 Å². The monoisotopic (exact) mass is 286 g/mol. The van der Waals surface area contributed by atoms with E-state index in [4.69, 9.17) is 4.74 Å². The first-order valence-electron chi connectivity index (χ1n) is 8.14. The number of phenolic OH excluding ortho intramolecular Hbond substituents is 1. The van der Waals surface area contributed by atoms with E-state index in [0.29, 0.717) is 17.6 Å². The minimum Gasteiger partial charge on any atom is -0.508 e. The maximum Gasteiger partial charge on any atom is 0.127 e. The van der Waals surface area contributed by atoms with Crippen LogP contribution in [-0.4, -0.2) is 10.7 Å². The Morgan fingerprint density at radius 3 is 2.90 bits per heavy atom. The Balaban J connectivity index is 2.09. The third-order valence-corrected chi connectivity index (χ3v) is 5.20. The Bertz CT molecular complexity index is 575. The van der Waals surface area contributed by atoms with Gasteiger partial charge in [-0.2, -0.15) is 0 Å². The van der Waals surface area contributed by atoms with Crippen molar-refractivity contribution in [2.24, 2.45) is 5.92 Å². The Labute approximate surface area is 127 Å². The molecule has 0 amide bonds. The lowest BCUT2D eigenvalue weighted by Crippen LogP contribution is -2.44. The van der Waals surface area contributed by atoms with Crippen LogP contribution in [0, 0.1) is 5.92 Å². The minimum atomic E-state index is -0.0824. The van der Waals surface area contributed by atoms with E-state index in [1.54, 1.807) is 0 Å². The second-order valence-electron chi connectivity index (χ2n) is 7.13. The van der Waals surface area contributed by atoms with Gasteiger partial charge in [-0.15, -0.1) is 0 Å². The molecule has 1 fully saturated rings. The van der Waals surface area contributed by atoms with Gasteiger partial charge >= 0.3 is 0 Å². The highest BCUT2D eigenvalue weighted by Gasteiger charge is 2.46. The van der Waals surface area contributed by atoms with E-state index in [9.17, 15) is 5.11 Å². The summed E-state index contributed by atoms with van der Waals surface area (Å²) in [5.74, 6) is 2.13. The van der Waals surface area contributed by atoms with Crippen molar-refractivity contribution in [3.05, 3.63) is 35.4 Å². The third kappa shape index (κ3) is 2.45. The molecule has 1 heterocycles. The number of hydrogen-bond donors (Lipinski definition) is 1. The number of benzene rings is 1. The average Bonchev–Trinajstić information content (AvgIpc) is 2.37. The predicted molar refractivity (Wildman–Crippen MR) is 86.0 cm³/mol. The zero-order valence-corrected chi connectivity index (χ0v) is 13.4. The van der Waals surface area contributed by atoms with Crippen LogP contribution in [0.4, 0.5) is 0 Å². The summed E-state index contributed by atoms with van der Waals surface area (Å²) in [6, 6.07) is 4.07. The lowest BCUT2D eigenvalue weighted by Gasteiger charge is -2.48. The molecule has 1 aromatic rings. The molecule has 1 aliphatic carbocycles. The number of aryl methyl sites for hydroxylation is 1. The molecule has 1 N–H and O–H groups in total. The van der Waals surface area contributed by atoms with Crippen molar-refractivity contribution in [1.29, 1.82) is 0 Å². The normalized spacial score (nSPS) is 30.4. The van der Waals surface area contributed by atoms with Crippen LogP contribution in [0.2, 0.25) is 0 Å². The van der Waals surface area contributed by atoms with Gasteiger partial charge in [0.25, 0.3) is 0 Å². The average molecular weight is 286 g/mol. The van der Waals surface area contributed by atoms with E-state index in [-0.39, 0.29) is 5.60 Å². The first-order chi connectivity index (χ1) is 9.93. The molecule has 0 aromatic heterocycles. The van der Waals surface area contributed by atoms with Gasteiger partial charge in [-0.1, -0.05) is 25.5 Å². The summed E-state index contributed by atoms with van der Waals surface area (Å²) in [6.45, 7) is 10.7. The standard InChI is InChI=1S/C19H26O2/c1-5-6-13-9-16(20)18-15-11-19(4,21-17(18)10-13)8-7-14(15)12(2)3/h9-10,14-15,20H,2,5-8,11H2,1,3-4H3/t14?,15?,19-/m1/s1.